The van der Waals surface area contributed by atoms with Crippen LogP contribution in [-0.4, -0.2) is 34.4 Å². The molecule has 0 saturated carbocycles. The number of aryl methyl sites for hydroxylation is 1. The number of amides is 1. The van der Waals surface area contributed by atoms with Crippen LogP contribution in [0.4, 0.5) is 0 Å². The van der Waals surface area contributed by atoms with Crippen LogP contribution < -0.4 is 5.32 Å². The minimum Gasteiger partial charge on any atom is -0.320 e. The Balaban J connectivity index is 1.77. The lowest BCUT2D eigenvalue weighted by molar-refractivity contribution is -0.130. The van der Waals surface area contributed by atoms with Crippen LogP contribution in [0.1, 0.15) is 48.5 Å². The molecule has 0 bridgehead atoms. The highest BCUT2D eigenvalue weighted by molar-refractivity contribution is 7.99. The first-order valence-corrected chi connectivity index (χ1v) is 9.80. The van der Waals surface area contributed by atoms with E-state index >= 15 is 0 Å². The largest absolute Gasteiger partial charge is 0.320 e. The number of carbonyl (C=O) groups is 1. The highest BCUT2D eigenvalue weighted by atomic mass is 32.2. The number of thioether (sulfide) groups is 1. The molecular formula is C16H24N2OS2. The van der Waals surface area contributed by atoms with E-state index in [-0.39, 0.29) is 12.2 Å². The van der Waals surface area contributed by atoms with Gasteiger partial charge in [0.25, 0.3) is 0 Å². The lowest BCUT2D eigenvalue weighted by atomic mass is 10.1. The van der Waals surface area contributed by atoms with E-state index in [0.717, 1.165) is 13.0 Å². The molecule has 21 heavy (non-hydrogen) atoms. The third-order valence-corrected chi connectivity index (χ3v) is 6.80. The summed E-state index contributed by atoms with van der Waals surface area (Å²) in [5.41, 5.74) is 0. The van der Waals surface area contributed by atoms with E-state index in [1.807, 2.05) is 11.8 Å². The predicted molar refractivity (Wildman–Crippen MR) is 90.8 cm³/mol. The van der Waals surface area contributed by atoms with E-state index in [9.17, 15) is 4.79 Å². The highest BCUT2D eigenvalue weighted by Gasteiger charge is 2.40. The molecule has 1 aromatic heterocycles. The molecule has 3 atom stereocenters. The van der Waals surface area contributed by atoms with E-state index < -0.39 is 0 Å². The Kier molecular flexibility index (Phi) is 4.92. The molecule has 1 aromatic rings. The summed E-state index contributed by atoms with van der Waals surface area (Å²) >= 11 is 3.85. The summed E-state index contributed by atoms with van der Waals surface area (Å²) in [6.45, 7) is 5.11. The normalized spacial score (nSPS) is 30.1. The molecule has 2 saturated heterocycles. The minimum absolute atomic E-state index is 0.00834. The van der Waals surface area contributed by atoms with Crippen LogP contribution in [-0.2, 0) is 4.79 Å². The highest BCUT2D eigenvalue weighted by Crippen LogP contribution is 2.34. The average molecular weight is 325 g/mol. The first-order valence-electron chi connectivity index (χ1n) is 7.93. The molecule has 2 aliphatic heterocycles. The van der Waals surface area contributed by atoms with Gasteiger partial charge < -0.3 is 4.90 Å². The summed E-state index contributed by atoms with van der Waals surface area (Å²) in [6, 6.07) is 4.31. The molecule has 1 N–H and O–H groups in total. The summed E-state index contributed by atoms with van der Waals surface area (Å²) < 4.78 is 0. The van der Waals surface area contributed by atoms with Gasteiger partial charge in [0.1, 0.15) is 6.17 Å². The number of hydrogen-bond donors (Lipinski definition) is 1. The monoisotopic (exact) mass is 324 g/mol. The zero-order chi connectivity index (χ0) is 14.8. The quantitative estimate of drug-likeness (QED) is 0.919. The maximum Gasteiger partial charge on any atom is 0.241 e. The molecule has 3 rings (SSSR count). The summed E-state index contributed by atoms with van der Waals surface area (Å²) in [5, 5.41) is 4.15. The maximum atomic E-state index is 12.7. The van der Waals surface area contributed by atoms with Crippen LogP contribution in [0.2, 0.25) is 0 Å². The van der Waals surface area contributed by atoms with Crippen molar-refractivity contribution in [2.75, 3.05) is 12.3 Å². The number of rotatable bonds is 4. The van der Waals surface area contributed by atoms with Crippen LogP contribution in [0, 0.1) is 6.92 Å². The Hall–Kier alpha value is -0.520. The minimum atomic E-state index is -0.00834. The van der Waals surface area contributed by atoms with Crippen molar-refractivity contribution in [3.05, 3.63) is 21.9 Å². The van der Waals surface area contributed by atoms with E-state index in [1.54, 1.807) is 11.3 Å². The van der Waals surface area contributed by atoms with Crippen LogP contribution in [0.25, 0.3) is 0 Å². The summed E-state index contributed by atoms with van der Waals surface area (Å²) in [5.74, 6) is 1.54. The first-order chi connectivity index (χ1) is 10.2. The van der Waals surface area contributed by atoms with Crippen molar-refractivity contribution in [1.29, 1.82) is 0 Å². The molecule has 3 heterocycles. The van der Waals surface area contributed by atoms with E-state index in [2.05, 4.69) is 36.2 Å². The van der Waals surface area contributed by atoms with E-state index in [4.69, 9.17) is 0 Å². The van der Waals surface area contributed by atoms with Crippen LogP contribution in [0.5, 0.6) is 0 Å². The SMILES string of the molecule is CCC1NC(c2ccc(C)s2)N(CC2CCCCS2)C1=O. The number of carbonyl (C=O) groups excluding carboxylic acids is 1. The van der Waals surface area contributed by atoms with Crippen molar-refractivity contribution in [1.82, 2.24) is 10.2 Å². The smallest absolute Gasteiger partial charge is 0.241 e. The molecule has 3 nitrogen and oxygen atoms in total. The van der Waals surface area contributed by atoms with Crippen molar-refractivity contribution < 1.29 is 4.79 Å². The molecule has 3 unspecified atom stereocenters. The fraction of sp³-hybridized carbons (Fsp3) is 0.688. The fourth-order valence-electron chi connectivity index (χ4n) is 3.17. The van der Waals surface area contributed by atoms with Crippen LogP contribution in [0.15, 0.2) is 12.1 Å². The standard InChI is InChI=1S/C16H24N2OS2/c1-3-13-16(19)18(10-12-6-4-5-9-20-12)15(17-13)14-8-7-11(2)21-14/h7-8,12-13,15,17H,3-6,9-10H2,1-2H3. The molecule has 0 aliphatic carbocycles. The molecule has 2 fully saturated rings. The Morgan fingerprint density at radius 2 is 2.24 bits per heavy atom. The second kappa shape index (κ2) is 6.71. The molecule has 116 valence electrons. The van der Waals surface area contributed by atoms with Gasteiger partial charge in [-0.25, -0.2) is 0 Å². The van der Waals surface area contributed by atoms with Crippen LogP contribution >= 0.6 is 23.1 Å². The molecular weight excluding hydrogens is 300 g/mol. The van der Waals surface area contributed by atoms with Crippen molar-refractivity contribution in [2.24, 2.45) is 0 Å². The summed E-state index contributed by atoms with van der Waals surface area (Å²) in [6.07, 6.45) is 4.85. The van der Waals surface area contributed by atoms with Crippen LogP contribution in [0.3, 0.4) is 0 Å². The molecule has 1 amide bonds. The van der Waals surface area contributed by atoms with Crippen molar-refractivity contribution in [3.8, 4) is 0 Å². The maximum absolute atomic E-state index is 12.7. The lowest BCUT2D eigenvalue weighted by Gasteiger charge is -2.30. The fourth-order valence-corrected chi connectivity index (χ4v) is 5.43. The van der Waals surface area contributed by atoms with Gasteiger partial charge in [0.05, 0.1) is 6.04 Å². The number of nitrogens with one attached hydrogen (secondary N) is 1. The molecule has 0 spiro atoms. The Morgan fingerprint density at radius 1 is 1.38 bits per heavy atom. The Bertz CT molecular complexity index is 496. The van der Waals surface area contributed by atoms with Gasteiger partial charge >= 0.3 is 0 Å². The number of nitrogens with zero attached hydrogens (tertiary/aromatic N) is 1. The number of thiophene rings is 1. The zero-order valence-electron chi connectivity index (χ0n) is 12.8. The lowest BCUT2D eigenvalue weighted by Crippen LogP contribution is -2.37. The van der Waals surface area contributed by atoms with Gasteiger partial charge in [-0.05, 0) is 44.1 Å². The second-order valence-corrected chi connectivity index (χ2v) is 8.69. The van der Waals surface area contributed by atoms with Crippen molar-refractivity contribution >= 4 is 29.0 Å². The summed E-state index contributed by atoms with van der Waals surface area (Å²) in [7, 11) is 0. The third kappa shape index (κ3) is 3.30. The van der Waals surface area contributed by atoms with Gasteiger partial charge in [-0.2, -0.15) is 11.8 Å². The number of hydrogen-bond acceptors (Lipinski definition) is 4. The van der Waals surface area contributed by atoms with Gasteiger partial charge in [-0.1, -0.05) is 13.3 Å². The molecule has 0 radical (unpaired) electrons. The van der Waals surface area contributed by atoms with Gasteiger partial charge in [0, 0.05) is 21.5 Å². The van der Waals surface area contributed by atoms with Crippen molar-refractivity contribution in [2.45, 2.75) is 57.0 Å². The predicted octanol–water partition coefficient (Wildman–Crippen LogP) is 3.55. The summed E-state index contributed by atoms with van der Waals surface area (Å²) in [4.78, 5) is 17.3. The topological polar surface area (TPSA) is 32.3 Å². The molecule has 2 aliphatic rings. The van der Waals surface area contributed by atoms with Gasteiger partial charge in [0.2, 0.25) is 5.91 Å². The molecule has 5 heteroatoms. The Labute approximate surface area is 135 Å². The average Bonchev–Trinajstić information content (AvgIpc) is 3.05. The molecule has 0 aromatic carbocycles. The Morgan fingerprint density at radius 3 is 2.86 bits per heavy atom. The van der Waals surface area contributed by atoms with Gasteiger partial charge in [-0.15, -0.1) is 11.3 Å². The second-order valence-electron chi connectivity index (χ2n) is 5.96. The zero-order valence-corrected chi connectivity index (χ0v) is 14.4. The van der Waals surface area contributed by atoms with E-state index in [1.165, 1.54) is 34.8 Å². The van der Waals surface area contributed by atoms with Crippen molar-refractivity contribution in [3.63, 3.8) is 0 Å². The van der Waals surface area contributed by atoms with E-state index in [0.29, 0.717) is 11.2 Å². The van der Waals surface area contributed by atoms with Gasteiger partial charge in [0.15, 0.2) is 0 Å². The third-order valence-electron chi connectivity index (χ3n) is 4.37. The van der Waals surface area contributed by atoms with Gasteiger partial charge in [-0.3, -0.25) is 10.1 Å². The first kappa shape index (κ1) is 15.4.